The molecular formula is C18H20N4O2S. The number of hydrogen-bond donors (Lipinski definition) is 2. The summed E-state index contributed by atoms with van der Waals surface area (Å²) in [4.78, 5) is 9.08. The molecule has 2 N–H and O–H groups in total. The van der Waals surface area contributed by atoms with Crippen molar-refractivity contribution in [3.05, 3.63) is 23.5 Å². The fourth-order valence-electron chi connectivity index (χ4n) is 3.88. The maximum atomic E-state index is 10.5. The van der Waals surface area contributed by atoms with E-state index in [9.17, 15) is 10.2 Å². The zero-order chi connectivity index (χ0) is 17.6. The van der Waals surface area contributed by atoms with Crippen LogP contribution in [0.15, 0.2) is 17.6 Å². The van der Waals surface area contributed by atoms with Crippen LogP contribution in [0.4, 0.5) is 0 Å². The molecule has 25 heavy (non-hydrogen) atoms. The van der Waals surface area contributed by atoms with E-state index in [1.165, 1.54) is 0 Å². The summed E-state index contributed by atoms with van der Waals surface area (Å²) >= 11 is 1.63. The minimum atomic E-state index is -0.883. The Kier molecular flexibility index (Phi) is 3.99. The van der Waals surface area contributed by atoms with Crippen LogP contribution in [0.3, 0.4) is 0 Å². The Hall–Kier alpha value is -2.01. The SMILES string of the molecule is C[C@@H](O)c1nc2cnc3ccsc3c2n1[C@H]1CC[C@@](O)(CC#N)CC1. The predicted octanol–water partition coefficient (Wildman–Crippen LogP) is 3.46. The maximum absolute atomic E-state index is 10.5. The van der Waals surface area contributed by atoms with E-state index >= 15 is 0 Å². The highest BCUT2D eigenvalue weighted by atomic mass is 32.1. The van der Waals surface area contributed by atoms with Crippen molar-refractivity contribution in [2.45, 2.75) is 56.8 Å². The van der Waals surface area contributed by atoms with E-state index in [1.54, 1.807) is 24.5 Å². The van der Waals surface area contributed by atoms with Crippen LogP contribution in [-0.2, 0) is 0 Å². The monoisotopic (exact) mass is 356 g/mol. The van der Waals surface area contributed by atoms with E-state index in [-0.39, 0.29) is 12.5 Å². The smallest absolute Gasteiger partial charge is 0.138 e. The fourth-order valence-corrected chi connectivity index (χ4v) is 4.77. The normalized spacial score (nSPS) is 25.3. The first-order chi connectivity index (χ1) is 12.0. The van der Waals surface area contributed by atoms with Gasteiger partial charge in [-0.1, -0.05) is 0 Å². The third-order valence-corrected chi connectivity index (χ3v) is 6.09. The predicted molar refractivity (Wildman–Crippen MR) is 96.2 cm³/mol. The lowest BCUT2D eigenvalue weighted by Gasteiger charge is -2.36. The van der Waals surface area contributed by atoms with E-state index < -0.39 is 11.7 Å². The molecule has 0 radical (unpaired) electrons. The molecule has 0 saturated heterocycles. The number of aliphatic hydroxyl groups excluding tert-OH is 1. The third-order valence-electron chi connectivity index (χ3n) is 5.18. The van der Waals surface area contributed by atoms with Gasteiger partial charge in [0, 0.05) is 6.04 Å². The first-order valence-electron chi connectivity index (χ1n) is 8.54. The highest BCUT2D eigenvalue weighted by Gasteiger charge is 2.35. The van der Waals surface area contributed by atoms with E-state index in [0.29, 0.717) is 18.7 Å². The number of thiophene rings is 1. The van der Waals surface area contributed by atoms with Crippen LogP contribution in [0.25, 0.3) is 21.3 Å². The van der Waals surface area contributed by atoms with Gasteiger partial charge in [0.05, 0.1) is 40.0 Å². The van der Waals surface area contributed by atoms with Crippen LogP contribution in [0, 0.1) is 11.3 Å². The molecule has 0 unspecified atom stereocenters. The van der Waals surface area contributed by atoms with Crippen molar-refractivity contribution in [2.75, 3.05) is 0 Å². The lowest BCUT2D eigenvalue weighted by atomic mass is 9.80. The fraction of sp³-hybridized carbons (Fsp3) is 0.500. The van der Waals surface area contributed by atoms with Gasteiger partial charge in [0.25, 0.3) is 0 Å². The van der Waals surface area contributed by atoms with Gasteiger partial charge in [-0.3, -0.25) is 4.98 Å². The lowest BCUT2D eigenvalue weighted by molar-refractivity contribution is -0.00364. The van der Waals surface area contributed by atoms with Crippen LogP contribution in [0.1, 0.15) is 57.0 Å². The van der Waals surface area contributed by atoms with Crippen molar-refractivity contribution in [3.8, 4) is 6.07 Å². The molecule has 0 bridgehead atoms. The highest BCUT2D eigenvalue weighted by Crippen LogP contribution is 2.41. The number of hydrogen-bond acceptors (Lipinski definition) is 6. The van der Waals surface area contributed by atoms with Gasteiger partial charge in [0.2, 0.25) is 0 Å². The second kappa shape index (κ2) is 6.06. The van der Waals surface area contributed by atoms with Crippen LogP contribution in [0.2, 0.25) is 0 Å². The summed E-state index contributed by atoms with van der Waals surface area (Å²) in [5.41, 5.74) is 1.87. The summed E-state index contributed by atoms with van der Waals surface area (Å²) in [6, 6.07) is 4.24. The average Bonchev–Trinajstić information content (AvgIpc) is 3.19. The number of pyridine rings is 1. The van der Waals surface area contributed by atoms with Gasteiger partial charge < -0.3 is 14.8 Å². The van der Waals surface area contributed by atoms with Crippen molar-refractivity contribution in [3.63, 3.8) is 0 Å². The minimum absolute atomic E-state index is 0.154. The lowest BCUT2D eigenvalue weighted by Crippen LogP contribution is -2.34. The standard InChI is InChI=1S/C18H20N4O2S/c1-11(23)17-21-14-10-20-13-4-9-25-16(13)15(14)22(17)12-2-5-18(24,6-3-12)7-8-19/h4,9-12,23-24H,2-3,5-7H2,1H3/t11-,12-,18-/m1/s1. The van der Waals surface area contributed by atoms with Gasteiger partial charge in [0.1, 0.15) is 17.4 Å². The van der Waals surface area contributed by atoms with Crippen molar-refractivity contribution >= 4 is 32.6 Å². The Balaban J connectivity index is 1.82. The Morgan fingerprint density at radius 2 is 2.20 bits per heavy atom. The number of aromatic nitrogens is 3. The van der Waals surface area contributed by atoms with Crippen molar-refractivity contribution < 1.29 is 10.2 Å². The Labute approximate surface area is 149 Å². The molecule has 1 fully saturated rings. The third kappa shape index (κ3) is 2.71. The zero-order valence-corrected chi connectivity index (χ0v) is 14.8. The molecule has 3 aromatic rings. The number of nitriles is 1. The molecule has 4 rings (SSSR count). The van der Waals surface area contributed by atoms with E-state index in [4.69, 9.17) is 5.26 Å². The number of nitrogens with zero attached hydrogens (tertiary/aromatic N) is 4. The van der Waals surface area contributed by atoms with Gasteiger partial charge in [0.15, 0.2) is 0 Å². The molecule has 0 aliphatic heterocycles. The molecule has 1 aliphatic carbocycles. The van der Waals surface area contributed by atoms with Gasteiger partial charge in [-0.15, -0.1) is 11.3 Å². The average molecular weight is 356 g/mol. The summed E-state index contributed by atoms with van der Waals surface area (Å²) in [5.74, 6) is 0.647. The van der Waals surface area contributed by atoms with E-state index in [2.05, 4.69) is 20.6 Å². The van der Waals surface area contributed by atoms with Gasteiger partial charge in [-0.2, -0.15) is 5.26 Å². The molecule has 1 saturated carbocycles. The minimum Gasteiger partial charge on any atom is -0.389 e. The topological polar surface area (TPSA) is 95.0 Å². The number of aliphatic hydroxyl groups is 2. The molecule has 1 atom stereocenters. The molecule has 1 aliphatic rings. The van der Waals surface area contributed by atoms with Crippen LogP contribution in [-0.4, -0.2) is 30.3 Å². The quantitative estimate of drug-likeness (QED) is 0.749. The van der Waals surface area contributed by atoms with Gasteiger partial charge in [-0.05, 0) is 44.1 Å². The summed E-state index contributed by atoms with van der Waals surface area (Å²) in [5, 5.41) is 31.7. The summed E-state index contributed by atoms with van der Waals surface area (Å²) in [6.07, 6.45) is 3.96. The van der Waals surface area contributed by atoms with E-state index in [1.807, 2.05) is 11.4 Å². The van der Waals surface area contributed by atoms with Crippen molar-refractivity contribution in [1.29, 1.82) is 5.26 Å². The Bertz CT molecular complexity index is 961. The first kappa shape index (κ1) is 16.5. The molecule has 3 aromatic heterocycles. The number of rotatable bonds is 3. The highest BCUT2D eigenvalue weighted by molar-refractivity contribution is 7.18. The van der Waals surface area contributed by atoms with E-state index in [0.717, 1.165) is 34.1 Å². The van der Waals surface area contributed by atoms with Crippen LogP contribution < -0.4 is 0 Å². The van der Waals surface area contributed by atoms with Gasteiger partial charge >= 0.3 is 0 Å². The molecule has 3 heterocycles. The molecule has 0 spiro atoms. The van der Waals surface area contributed by atoms with Crippen molar-refractivity contribution in [1.82, 2.24) is 14.5 Å². The van der Waals surface area contributed by atoms with Crippen LogP contribution >= 0.6 is 11.3 Å². The number of fused-ring (bicyclic) bond motifs is 3. The molecule has 6 nitrogen and oxygen atoms in total. The largest absolute Gasteiger partial charge is 0.389 e. The molecule has 0 aromatic carbocycles. The maximum Gasteiger partial charge on any atom is 0.138 e. The van der Waals surface area contributed by atoms with Crippen LogP contribution in [0.5, 0.6) is 0 Å². The Morgan fingerprint density at radius 3 is 2.88 bits per heavy atom. The van der Waals surface area contributed by atoms with Gasteiger partial charge in [-0.25, -0.2) is 4.98 Å². The second-order valence-corrected chi connectivity index (χ2v) is 7.85. The summed E-state index contributed by atoms with van der Waals surface area (Å²) in [7, 11) is 0. The Morgan fingerprint density at radius 1 is 1.44 bits per heavy atom. The van der Waals surface area contributed by atoms with Crippen molar-refractivity contribution in [2.24, 2.45) is 0 Å². The number of imidazole rings is 1. The molecule has 0 amide bonds. The molecule has 7 heteroatoms. The summed E-state index contributed by atoms with van der Waals surface area (Å²) in [6.45, 7) is 1.73. The molecular weight excluding hydrogens is 336 g/mol. The zero-order valence-electron chi connectivity index (χ0n) is 14.0. The molecule has 130 valence electrons. The first-order valence-corrected chi connectivity index (χ1v) is 9.42. The second-order valence-electron chi connectivity index (χ2n) is 6.93. The summed E-state index contributed by atoms with van der Waals surface area (Å²) < 4.78 is 3.22.